The first-order valence-corrected chi connectivity index (χ1v) is 14.0. The van der Waals surface area contributed by atoms with Crippen LogP contribution in [0.1, 0.15) is 46.9 Å². The maximum atomic E-state index is 13.7. The second-order valence-corrected chi connectivity index (χ2v) is 10.4. The Balaban J connectivity index is 1.44. The highest BCUT2D eigenvalue weighted by Gasteiger charge is 2.46. The van der Waals surface area contributed by atoms with Gasteiger partial charge >= 0.3 is 5.97 Å². The fourth-order valence-corrected chi connectivity index (χ4v) is 6.17. The van der Waals surface area contributed by atoms with Crippen molar-refractivity contribution < 1.29 is 14.3 Å². The monoisotopic (exact) mass is 539 g/mol. The Hall–Kier alpha value is -4.51. The molecule has 0 aromatic heterocycles. The lowest BCUT2D eigenvalue weighted by Gasteiger charge is -2.39. The van der Waals surface area contributed by atoms with E-state index in [0.29, 0.717) is 0 Å². The van der Waals surface area contributed by atoms with Crippen LogP contribution in [0.25, 0.3) is 11.1 Å². The molecule has 3 atom stereocenters. The molecular weight excluding hydrogens is 506 g/mol. The zero-order chi connectivity index (χ0) is 28.2. The molecule has 6 rings (SSSR count). The van der Waals surface area contributed by atoms with Crippen LogP contribution in [0.2, 0.25) is 0 Å². The molecule has 1 aliphatic carbocycles. The number of carbonyl (C=O) groups is 1. The van der Waals surface area contributed by atoms with Gasteiger partial charge in [-0.3, -0.25) is 5.32 Å². The van der Waals surface area contributed by atoms with Gasteiger partial charge in [0.2, 0.25) is 0 Å². The second-order valence-electron chi connectivity index (χ2n) is 10.4. The average Bonchev–Trinajstić information content (AvgIpc) is 3.32. The van der Waals surface area contributed by atoms with Crippen molar-refractivity contribution in [2.24, 2.45) is 0 Å². The molecule has 0 radical (unpaired) electrons. The van der Waals surface area contributed by atoms with Crippen molar-refractivity contribution in [1.82, 2.24) is 5.32 Å². The first-order chi connectivity index (χ1) is 20.1. The lowest BCUT2D eigenvalue weighted by atomic mass is 9.79. The van der Waals surface area contributed by atoms with Crippen molar-refractivity contribution in [1.29, 1.82) is 0 Å². The molecule has 5 aromatic carbocycles. The smallest absolute Gasteiger partial charge is 0.340 e. The van der Waals surface area contributed by atoms with E-state index in [1.165, 1.54) is 29.4 Å². The summed E-state index contributed by atoms with van der Waals surface area (Å²) in [5.41, 5.74) is 6.90. The van der Waals surface area contributed by atoms with E-state index >= 15 is 0 Å². The van der Waals surface area contributed by atoms with E-state index in [2.05, 4.69) is 85.0 Å². The molecule has 0 saturated carbocycles. The number of nitrogens with one attached hydrogen (secondary N) is 1. The van der Waals surface area contributed by atoms with E-state index in [4.69, 9.17) is 9.47 Å². The third kappa shape index (κ3) is 4.86. The van der Waals surface area contributed by atoms with Crippen molar-refractivity contribution in [3.05, 3.63) is 167 Å². The third-order valence-corrected chi connectivity index (χ3v) is 7.98. The van der Waals surface area contributed by atoms with E-state index in [1.54, 1.807) is 0 Å². The minimum Gasteiger partial charge on any atom is -0.454 e. The molecule has 0 spiro atoms. The number of rotatable bonds is 9. The van der Waals surface area contributed by atoms with Gasteiger partial charge < -0.3 is 9.47 Å². The van der Waals surface area contributed by atoms with Crippen molar-refractivity contribution in [2.45, 2.75) is 30.7 Å². The van der Waals surface area contributed by atoms with Crippen LogP contribution >= 0.6 is 0 Å². The first-order valence-electron chi connectivity index (χ1n) is 14.0. The Bertz CT molecular complexity index is 1570. The summed E-state index contributed by atoms with van der Waals surface area (Å²) in [7, 11) is 1.54. The fraction of sp³-hybridized carbons (Fsp3) is 0.162. The van der Waals surface area contributed by atoms with Gasteiger partial charge in [0.1, 0.15) is 6.10 Å². The molecule has 5 aromatic rings. The normalized spacial score (nSPS) is 15.3. The summed E-state index contributed by atoms with van der Waals surface area (Å²) < 4.78 is 12.0. The van der Waals surface area contributed by atoms with Crippen molar-refractivity contribution in [2.75, 3.05) is 7.11 Å². The molecule has 204 valence electrons. The molecule has 0 heterocycles. The van der Waals surface area contributed by atoms with Crippen LogP contribution in [-0.4, -0.2) is 19.1 Å². The molecule has 0 fully saturated rings. The van der Waals surface area contributed by atoms with Gasteiger partial charge in [0.15, 0.2) is 6.10 Å². The SMILES string of the molecule is CO[C@H](C(=O)O[C@@H](c1ccccc1)[C@H](C)NC1(c2ccccc2)c2ccccc2-c2ccccc21)c1ccccc1. The largest absolute Gasteiger partial charge is 0.454 e. The Morgan fingerprint density at radius 1 is 0.634 bits per heavy atom. The van der Waals surface area contributed by atoms with Gasteiger partial charge in [0.25, 0.3) is 0 Å². The number of methoxy groups -OCH3 is 1. The van der Waals surface area contributed by atoms with Crippen molar-refractivity contribution >= 4 is 5.97 Å². The van der Waals surface area contributed by atoms with E-state index in [1.807, 2.05) is 66.7 Å². The summed E-state index contributed by atoms with van der Waals surface area (Å²) in [6.45, 7) is 2.09. The van der Waals surface area contributed by atoms with E-state index in [0.717, 1.165) is 16.7 Å². The lowest BCUT2D eigenvalue weighted by Crippen LogP contribution is -2.50. The van der Waals surface area contributed by atoms with Gasteiger partial charge in [-0.05, 0) is 45.9 Å². The fourth-order valence-electron chi connectivity index (χ4n) is 6.17. The third-order valence-electron chi connectivity index (χ3n) is 7.98. The summed E-state index contributed by atoms with van der Waals surface area (Å²) in [5, 5.41) is 4.00. The van der Waals surface area contributed by atoms with Crippen LogP contribution in [0.3, 0.4) is 0 Å². The summed E-state index contributed by atoms with van der Waals surface area (Å²) in [4.78, 5) is 13.7. The predicted molar refractivity (Wildman–Crippen MR) is 162 cm³/mol. The van der Waals surface area contributed by atoms with Gasteiger partial charge in [-0.15, -0.1) is 0 Å². The summed E-state index contributed by atoms with van der Waals surface area (Å²) >= 11 is 0. The van der Waals surface area contributed by atoms with Gasteiger partial charge in [0.05, 0.1) is 5.54 Å². The zero-order valence-corrected chi connectivity index (χ0v) is 23.2. The molecular formula is C37H33NO3. The molecule has 0 saturated heterocycles. The number of hydrogen-bond donors (Lipinski definition) is 1. The molecule has 0 aliphatic heterocycles. The van der Waals surface area contributed by atoms with Crippen LogP contribution < -0.4 is 5.32 Å². The summed E-state index contributed by atoms with van der Waals surface area (Å²) in [5.74, 6) is -0.429. The average molecular weight is 540 g/mol. The maximum absolute atomic E-state index is 13.7. The topological polar surface area (TPSA) is 47.6 Å². The van der Waals surface area contributed by atoms with Gasteiger partial charge in [-0.1, -0.05) is 140 Å². The van der Waals surface area contributed by atoms with Crippen LogP contribution in [0.15, 0.2) is 140 Å². The number of carbonyl (C=O) groups excluding carboxylic acids is 1. The summed E-state index contributed by atoms with van der Waals surface area (Å²) in [6, 6.07) is 46.7. The van der Waals surface area contributed by atoms with Gasteiger partial charge in [-0.25, -0.2) is 4.79 Å². The molecule has 0 amide bonds. The highest BCUT2D eigenvalue weighted by atomic mass is 16.6. The predicted octanol–water partition coefficient (Wildman–Crippen LogP) is 7.61. The van der Waals surface area contributed by atoms with E-state index in [9.17, 15) is 4.79 Å². The number of hydrogen-bond acceptors (Lipinski definition) is 4. The molecule has 1 aliphatic rings. The summed E-state index contributed by atoms with van der Waals surface area (Å²) in [6.07, 6.45) is -1.41. The number of esters is 1. The van der Waals surface area contributed by atoms with Crippen LogP contribution in [0.5, 0.6) is 0 Å². The van der Waals surface area contributed by atoms with Crippen molar-refractivity contribution in [3.8, 4) is 11.1 Å². The van der Waals surface area contributed by atoms with E-state index in [-0.39, 0.29) is 6.04 Å². The maximum Gasteiger partial charge on any atom is 0.340 e. The van der Waals surface area contributed by atoms with Crippen LogP contribution in [0.4, 0.5) is 0 Å². The number of ether oxygens (including phenoxy) is 2. The Morgan fingerprint density at radius 2 is 1.10 bits per heavy atom. The zero-order valence-electron chi connectivity index (χ0n) is 23.2. The Morgan fingerprint density at radius 3 is 1.63 bits per heavy atom. The highest BCUT2D eigenvalue weighted by molar-refractivity contribution is 5.83. The van der Waals surface area contributed by atoms with Gasteiger partial charge in [-0.2, -0.15) is 0 Å². The van der Waals surface area contributed by atoms with Crippen molar-refractivity contribution in [3.63, 3.8) is 0 Å². The van der Waals surface area contributed by atoms with Crippen LogP contribution in [0, 0.1) is 0 Å². The molecule has 4 nitrogen and oxygen atoms in total. The second kappa shape index (κ2) is 11.5. The number of fused-ring (bicyclic) bond motifs is 3. The number of benzene rings is 5. The minimum atomic E-state index is -0.828. The molecule has 0 unspecified atom stereocenters. The molecule has 0 bridgehead atoms. The highest BCUT2D eigenvalue weighted by Crippen LogP contribution is 2.51. The standard InChI is InChI=1S/C37H33NO3/c1-26(34(27-16-6-3-7-17-27)41-36(39)35(40-2)28-18-8-4-9-19-28)38-37(29-20-10-5-11-21-29)32-24-14-12-22-30(32)31-23-13-15-25-33(31)37/h3-26,34-35,38H,1-2H3/t26-,34+,35-/m0/s1. The Labute approximate surface area is 241 Å². The minimum absolute atomic E-state index is 0.283. The molecule has 1 N–H and O–H groups in total. The lowest BCUT2D eigenvalue weighted by molar-refractivity contribution is -0.163. The quantitative estimate of drug-likeness (QED) is 0.196. The molecule has 4 heteroatoms. The Kier molecular flexibility index (Phi) is 7.51. The molecule has 41 heavy (non-hydrogen) atoms. The van der Waals surface area contributed by atoms with Crippen LogP contribution in [-0.2, 0) is 19.8 Å². The first kappa shape index (κ1) is 26.7. The van der Waals surface area contributed by atoms with Gasteiger partial charge in [0, 0.05) is 13.2 Å². The van der Waals surface area contributed by atoms with E-state index < -0.39 is 23.7 Å².